The molecule has 1 aromatic heterocycles. The van der Waals surface area contributed by atoms with Crippen LogP contribution in [0.4, 0.5) is 0 Å². The molecule has 0 saturated carbocycles. The van der Waals surface area contributed by atoms with Crippen molar-refractivity contribution >= 4 is 37.3 Å². The summed E-state index contributed by atoms with van der Waals surface area (Å²) >= 11 is 1.31. The number of ether oxygens (including phenoxy) is 2. The lowest BCUT2D eigenvalue weighted by Gasteiger charge is -2.08. The number of methoxy groups -OCH3 is 2. The summed E-state index contributed by atoms with van der Waals surface area (Å²) in [4.78, 5) is 17.5. The van der Waals surface area contributed by atoms with Gasteiger partial charge in [-0.15, -0.1) is 6.58 Å². The molecular weight excluding hydrogens is 436 g/mol. The van der Waals surface area contributed by atoms with Crippen LogP contribution < -0.4 is 14.3 Å². The van der Waals surface area contributed by atoms with Gasteiger partial charge in [0.05, 0.1) is 24.9 Å². The van der Waals surface area contributed by atoms with Gasteiger partial charge in [0.15, 0.2) is 14.6 Å². The van der Waals surface area contributed by atoms with Crippen molar-refractivity contribution in [1.29, 1.82) is 0 Å². The number of carbonyl (C=O) groups excluding carboxylic acids is 1. The number of hydrogen-bond acceptors (Lipinski definition) is 6. The van der Waals surface area contributed by atoms with Crippen LogP contribution >= 0.6 is 11.3 Å². The van der Waals surface area contributed by atoms with Crippen LogP contribution in [0.15, 0.2) is 65.0 Å². The van der Waals surface area contributed by atoms with Crippen molar-refractivity contribution in [2.24, 2.45) is 4.99 Å². The van der Waals surface area contributed by atoms with Crippen molar-refractivity contribution in [3.8, 4) is 11.5 Å². The van der Waals surface area contributed by atoms with Crippen LogP contribution in [-0.2, 0) is 21.2 Å². The Morgan fingerprint density at radius 3 is 2.45 bits per heavy atom. The summed E-state index contributed by atoms with van der Waals surface area (Å²) in [5.74, 6) is 0.794. The number of nitrogens with zero attached hydrogens (tertiary/aromatic N) is 2. The van der Waals surface area contributed by atoms with Gasteiger partial charge in [-0.2, -0.15) is 4.99 Å². The first-order chi connectivity index (χ1) is 14.9. The summed E-state index contributed by atoms with van der Waals surface area (Å²) in [6.07, 6.45) is 1.93. The lowest BCUT2D eigenvalue weighted by molar-refractivity contribution is -0.118. The third-order valence-corrected chi connectivity index (χ3v) is 7.54. The van der Waals surface area contributed by atoms with Crippen molar-refractivity contribution in [1.82, 2.24) is 4.57 Å². The predicted octanol–water partition coefficient (Wildman–Crippen LogP) is 3.59. The molecule has 0 radical (unpaired) electrons. The molecule has 0 spiro atoms. The third-order valence-electron chi connectivity index (χ3n) is 4.63. The smallest absolute Gasteiger partial charge is 0.248 e. The number of carbonyl (C=O) groups is 1. The Labute approximate surface area is 185 Å². The largest absolute Gasteiger partial charge is 0.495 e. The minimum absolute atomic E-state index is 0.0304. The number of sulfone groups is 1. The molecule has 0 fully saturated rings. The summed E-state index contributed by atoms with van der Waals surface area (Å²) in [5, 5.41) is 0. The molecule has 7 nitrogen and oxygen atoms in total. The zero-order valence-electron chi connectivity index (χ0n) is 17.4. The fourth-order valence-corrected chi connectivity index (χ4v) is 5.66. The molecule has 0 aliphatic heterocycles. The van der Waals surface area contributed by atoms with Crippen LogP contribution in [0.5, 0.6) is 11.5 Å². The molecule has 164 valence electrons. The lowest BCUT2D eigenvalue weighted by Crippen LogP contribution is -2.17. The van der Waals surface area contributed by atoms with Gasteiger partial charge in [-0.25, -0.2) is 8.42 Å². The fraction of sp³-hybridized carbons (Fsp3) is 0.273. The van der Waals surface area contributed by atoms with Crippen LogP contribution in [0.3, 0.4) is 0 Å². The van der Waals surface area contributed by atoms with Crippen molar-refractivity contribution in [3.63, 3.8) is 0 Å². The Balaban J connectivity index is 1.87. The molecule has 0 aliphatic carbocycles. The molecule has 1 heterocycles. The van der Waals surface area contributed by atoms with Gasteiger partial charge in [0, 0.05) is 13.0 Å². The zero-order chi connectivity index (χ0) is 22.4. The van der Waals surface area contributed by atoms with Gasteiger partial charge in [-0.05, 0) is 30.7 Å². The SMILES string of the molecule is C=CCn1c(=NC(=O)CCCS(=O)(=O)c2ccccc2)sc2c(OC)ccc(OC)c21. The predicted molar refractivity (Wildman–Crippen MR) is 121 cm³/mol. The van der Waals surface area contributed by atoms with Gasteiger partial charge in [-0.3, -0.25) is 4.79 Å². The number of thiazole rings is 1. The van der Waals surface area contributed by atoms with E-state index in [0.717, 1.165) is 10.2 Å². The van der Waals surface area contributed by atoms with Gasteiger partial charge in [0.25, 0.3) is 0 Å². The molecule has 3 rings (SSSR count). The second-order valence-electron chi connectivity index (χ2n) is 6.67. The van der Waals surface area contributed by atoms with E-state index in [9.17, 15) is 13.2 Å². The molecular formula is C22H24N2O5S2. The van der Waals surface area contributed by atoms with E-state index < -0.39 is 9.84 Å². The summed E-state index contributed by atoms with van der Waals surface area (Å²) in [6.45, 7) is 4.21. The Bertz CT molecular complexity index is 1260. The molecule has 0 saturated heterocycles. The molecule has 0 N–H and O–H groups in total. The highest BCUT2D eigenvalue weighted by Crippen LogP contribution is 2.35. The molecule has 0 aliphatic rings. The average molecular weight is 461 g/mol. The molecule has 0 atom stereocenters. The van der Waals surface area contributed by atoms with Crippen LogP contribution in [0.2, 0.25) is 0 Å². The number of allylic oxidation sites excluding steroid dienone is 1. The maximum Gasteiger partial charge on any atom is 0.248 e. The Morgan fingerprint density at radius 2 is 1.81 bits per heavy atom. The number of fused-ring (bicyclic) bond motifs is 1. The number of benzene rings is 2. The average Bonchev–Trinajstić information content (AvgIpc) is 3.12. The number of aromatic nitrogens is 1. The van der Waals surface area contributed by atoms with Crippen molar-refractivity contribution in [2.45, 2.75) is 24.3 Å². The van der Waals surface area contributed by atoms with Gasteiger partial charge in [0.2, 0.25) is 5.91 Å². The second kappa shape index (κ2) is 9.93. The van der Waals surface area contributed by atoms with Crippen LogP contribution in [0.25, 0.3) is 10.2 Å². The van der Waals surface area contributed by atoms with Gasteiger partial charge < -0.3 is 14.0 Å². The maximum atomic E-state index is 12.5. The normalized spacial score (nSPS) is 12.1. The summed E-state index contributed by atoms with van der Waals surface area (Å²) < 4.78 is 38.3. The Hall–Kier alpha value is -2.91. The highest BCUT2D eigenvalue weighted by atomic mass is 32.2. The van der Waals surface area contributed by atoms with Gasteiger partial charge in [0.1, 0.15) is 21.7 Å². The van der Waals surface area contributed by atoms with Crippen LogP contribution in [-0.4, -0.2) is 38.9 Å². The zero-order valence-corrected chi connectivity index (χ0v) is 19.0. The number of hydrogen-bond donors (Lipinski definition) is 0. The van der Waals surface area contributed by atoms with E-state index in [1.165, 1.54) is 11.3 Å². The topological polar surface area (TPSA) is 87.0 Å². The number of rotatable bonds is 9. The van der Waals surface area contributed by atoms with Crippen LogP contribution in [0.1, 0.15) is 12.8 Å². The van der Waals surface area contributed by atoms with Gasteiger partial charge >= 0.3 is 0 Å². The first-order valence-electron chi connectivity index (χ1n) is 9.62. The molecule has 2 aromatic carbocycles. The molecule has 9 heteroatoms. The first kappa shape index (κ1) is 22.8. The molecule has 0 bridgehead atoms. The summed E-state index contributed by atoms with van der Waals surface area (Å²) in [5.41, 5.74) is 0.768. The minimum Gasteiger partial charge on any atom is -0.495 e. The summed E-state index contributed by atoms with van der Waals surface area (Å²) in [7, 11) is -0.274. The Morgan fingerprint density at radius 1 is 1.13 bits per heavy atom. The number of amides is 1. The standard InChI is InChI=1S/C22H24N2O5S2/c1-4-14-24-20-17(28-2)12-13-18(29-3)21(20)30-22(24)23-19(25)11-8-15-31(26,27)16-9-6-5-7-10-16/h4-7,9-10,12-13H,1,8,11,14-15H2,2-3H3. The molecule has 0 unspecified atom stereocenters. The van der Waals surface area contributed by atoms with Crippen molar-refractivity contribution in [3.05, 3.63) is 59.9 Å². The molecule has 1 amide bonds. The maximum absolute atomic E-state index is 12.5. The highest BCUT2D eigenvalue weighted by molar-refractivity contribution is 7.91. The lowest BCUT2D eigenvalue weighted by atomic mass is 10.3. The molecule has 31 heavy (non-hydrogen) atoms. The Kier molecular flexibility index (Phi) is 7.29. The van der Waals surface area contributed by atoms with E-state index in [0.29, 0.717) is 22.8 Å². The van der Waals surface area contributed by atoms with E-state index in [1.54, 1.807) is 62.8 Å². The van der Waals surface area contributed by atoms with Crippen molar-refractivity contribution in [2.75, 3.05) is 20.0 Å². The second-order valence-corrected chi connectivity index (χ2v) is 9.76. The van der Waals surface area contributed by atoms with E-state index >= 15 is 0 Å². The van der Waals surface area contributed by atoms with E-state index in [2.05, 4.69) is 11.6 Å². The highest BCUT2D eigenvalue weighted by Gasteiger charge is 2.17. The first-order valence-corrected chi connectivity index (χ1v) is 12.1. The third kappa shape index (κ3) is 5.05. The molecule has 3 aromatic rings. The monoisotopic (exact) mass is 460 g/mol. The quantitative estimate of drug-likeness (QED) is 0.456. The van der Waals surface area contributed by atoms with Crippen LogP contribution in [0, 0.1) is 0 Å². The van der Waals surface area contributed by atoms with E-state index in [4.69, 9.17) is 9.47 Å². The minimum atomic E-state index is -3.43. The summed E-state index contributed by atoms with van der Waals surface area (Å²) in [6, 6.07) is 11.8. The van der Waals surface area contributed by atoms with Gasteiger partial charge in [-0.1, -0.05) is 35.6 Å². The van der Waals surface area contributed by atoms with Crippen molar-refractivity contribution < 1.29 is 22.7 Å². The fourth-order valence-electron chi connectivity index (χ4n) is 3.16. The van der Waals surface area contributed by atoms with E-state index in [-0.39, 0.29) is 29.4 Å². The van der Waals surface area contributed by atoms with E-state index in [1.807, 2.05) is 4.57 Å².